The Kier molecular flexibility index (Phi) is 11.4. The Bertz CT molecular complexity index is 1270. The van der Waals surface area contributed by atoms with Crippen molar-refractivity contribution in [3.05, 3.63) is 45.5 Å². The zero-order valence-corrected chi connectivity index (χ0v) is 28.5. The van der Waals surface area contributed by atoms with Crippen LogP contribution in [0.3, 0.4) is 0 Å². The number of nitrogens with one attached hydrogen (secondary N) is 3. The van der Waals surface area contributed by atoms with Crippen molar-refractivity contribution in [2.24, 2.45) is 33.9 Å². The van der Waals surface area contributed by atoms with Gasteiger partial charge >= 0.3 is 7.12 Å². The number of nitrogens with two attached hydrogens (primary N) is 1. The fourth-order valence-corrected chi connectivity index (χ4v) is 7.59. The first kappa shape index (κ1) is 35.7. The molecule has 0 aromatic heterocycles. The number of carbonyl (C=O) groups excluding carboxylic acids is 2. The second-order valence-electron chi connectivity index (χ2n) is 14.9. The molecule has 5 rings (SSSR count). The Balaban J connectivity index is 1.42. The van der Waals surface area contributed by atoms with Gasteiger partial charge in [-0.3, -0.25) is 9.59 Å². The van der Waals surface area contributed by atoms with Gasteiger partial charge in [0.25, 0.3) is 5.96 Å². The number of aliphatic imine (C=N–C) groups is 1. The van der Waals surface area contributed by atoms with Crippen LogP contribution in [0, 0.1) is 33.3 Å². The van der Waals surface area contributed by atoms with Crippen LogP contribution in [-0.4, -0.2) is 60.2 Å². The van der Waals surface area contributed by atoms with Crippen molar-refractivity contribution in [2.75, 3.05) is 6.54 Å². The molecule has 1 aromatic carbocycles. The molecule has 4 aliphatic rings. The third kappa shape index (κ3) is 8.39. The Morgan fingerprint density at radius 1 is 1.13 bits per heavy atom. The van der Waals surface area contributed by atoms with Gasteiger partial charge in [-0.05, 0) is 85.7 Å². The molecule has 6 atom stereocenters. The molecule has 0 unspecified atom stereocenters. The molecule has 46 heavy (non-hydrogen) atoms. The summed E-state index contributed by atoms with van der Waals surface area (Å²) in [4.78, 5) is 41.6. The first-order valence-corrected chi connectivity index (χ1v) is 16.8. The summed E-state index contributed by atoms with van der Waals surface area (Å²) in [6.45, 7) is 15.4. The standard InChI is InChI=1S/C33H53BN6O6/c1-20(2)17-28(34-45-27-19-24-18-26(32(24,5)6)33(27,7)46-34)38-30(42)25(9-8-16-36-31(35)39-40(43)44)37-29(41)15-12-22-10-13-23(14-11-22)21(3)4/h10-11,13-14,20-21,24-28H,8-9,12,15-19H2,1-7H3,(H,37,41)(H,38,42)(H3,35,36,39)/t24-,25+,26-,27-,28+,33+/m1/s1. The Morgan fingerprint density at radius 2 is 1.83 bits per heavy atom. The summed E-state index contributed by atoms with van der Waals surface area (Å²) in [5.74, 6) is 0.429. The number of rotatable bonds is 15. The zero-order chi connectivity index (χ0) is 33.8. The van der Waals surface area contributed by atoms with Crippen LogP contribution >= 0.6 is 0 Å². The fraction of sp³-hybridized carbons (Fsp3) is 0.727. The Labute approximate surface area is 273 Å². The molecule has 0 radical (unpaired) electrons. The zero-order valence-electron chi connectivity index (χ0n) is 28.5. The number of nitro groups is 1. The lowest BCUT2D eigenvalue weighted by atomic mass is 9.43. The van der Waals surface area contributed by atoms with Gasteiger partial charge in [-0.2, -0.15) is 0 Å². The van der Waals surface area contributed by atoms with E-state index in [4.69, 9.17) is 15.0 Å². The smallest absolute Gasteiger partial charge is 0.404 e. The molecular formula is C33H53BN6O6. The third-order valence-corrected chi connectivity index (χ3v) is 10.4. The number of hydrogen-bond acceptors (Lipinski definition) is 7. The van der Waals surface area contributed by atoms with Gasteiger partial charge in [0.15, 0.2) is 5.03 Å². The number of guanidine groups is 1. The van der Waals surface area contributed by atoms with Crippen molar-refractivity contribution in [3.8, 4) is 0 Å². The average Bonchev–Trinajstić information content (AvgIpc) is 3.34. The maximum atomic E-state index is 13.8. The number of carbonyl (C=O) groups is 2. The molecule has 1 heterocycles. The van der Waals surface area contributed by atoms with E-state index in [1.54, 1.807) is 0 Å². The summed E-state index contributed by atoms with van der Waals surface area (Å²) in [7, 11) is -0.584. The SMILES string of the molecule is CC(C)C[C@H](NC(=O)[C@H](CCCN=C(N)N[N+](=O)[O-])NC(=O)CCc1ccc(C(C)C)cc1)B1O[C@@H]2C[C@H]3C[C@H](C3(C)C)[C@]2(C)O1. The van der Waals surface area contributed by atoms with Gasteiger partial charge < -0.3 is 25.7 Å². The molecule has 1 saturated heterocycles. The van der Waals surface area contributed by atoms with Crippen LogP contribution < -0.4 is 21.8 Å². The van der Waals surface area contributed by atoms with Gasteiger partial charge in [0, 0.05) is 13.0 Å². The van der Waals surface area contributed by atoms with E-state index in [0.29, 0.717) is 37.0 Å². The van der Waals surface area contributed by atoms with Gasteiger partial charge in [0.1, 0.15) is 6.04 Å². The minimum absolute atomic E-state index is 0.0120. The molecule has 4 fully saturated rings. The van der Waals surface area contributed by atoms with Crippen molar-refractivity contribution in [1.82, 2.24) is 16.1 Å². The Morgan fingerprint density at radius 3 is 2.43 bits per heavy atom. The van der Waals surface area contributed by atoms with Crippen molar-refractivity contribution >= 4 is 24.9 Å². The molecule has 0 spiro atoms. The van der Waals surface area contributed by atoms with Gasteiger partial charge in [0.2, 0.25) is 11.8 Å². The minimum Gasteiger partial charge on any atom is -0.404 e. The third-order valence-electron chi connectivity index (χ3n) is 10.4. The van der Waals surface area contributed by atoms with E-state index in [0.717, 1.165) is 18.4 Å². The first-order chi connectivity index (χ1) is 21.6. The van der Waals surface area contributed by atoms with Crippen LogP contribution in [-0.2, 0) is 25.3 Å². The summed E-state index contributed by atoms with van der Waals surface area (Å²) >= 11 is 0. The normalized spacial score (nSPS) is 26.2. The number of benzene rings is 1. The highest BCUT2D eigenvalue weighted by Gasteiger charge is 2.68. The number of aryl methyl sites for hydroxylation is 1. The average molecular weight is 641 g/mol. The number of amides is 2. The Hall–Kier alpha value is -3.19. The van der Waals surface area contributed by atoms with Gasteiger partial charge in [-0.15, -0.1) is 0 Å². The lowest BCUT2D eigenvalue weighted by Gasteiger charge is -2.64. The van der Waals surface area contributed by atoms with E-state index in [1.165, 1.54) is 5.56 Å². The molecule has 5 N–H and O–H groups in total. The summed E-state index contributed by atoms with van der Waals surface area (Å²) in [6, 6.07) is 7.40. The van der Waals surface area contributed by atoms with E-state index >= 15 is 0 Å². The van der Waals surface area contributed by atoms with E-state index in [9.17, 15) is 19.7 Å². The van der Waals surface area contributed by atoms with Crippen LogP contribution in [0.2, 0.25) is 0 Å². The van der Waals surface area contributed by atoms with Crippen molar-refractivity contribution in [2.45, 2.75) is 123 Å². The molecule has 12 nitrogen and oxygen atoms in total. The van der Waals surface area contributed by atoms with E-state index in [2.05, 4.69) is 76.2 Å². The predicted molar refractivity (Wildman–Crippen MR) is 178 cm³/mol. The second-order valence-corrected chi connectivity index (χ2v) is 14.9. The molecule has 3 aliphatic carbocycles. The number of hydrazine groups is 1. The molecule has 1 aromatic rings. The van der Waals surface area contributed by atoms with Crippen LogP contribution in [0.5, 0.6) is 0 Å². The first-order valence-electron chi connectivity index (χ1n) is 16.8. The van der Waals surface area contributed by atoms with Crippen LogP contribution in [0.15, 0.2) is 29.3 Å². The van der Waals surface area contributed by atoms with Gasteiger partial charge in [0.05, 0.1) is 17.6 Å². The van der Waals surface area contributed by atoms with Crippen LogP contribution in [0.25, 0.3) is 0 Å². The molecule has 2 bridgehead atoms. The quantitative estimate of drug-likeness (QED) is 0.0559. The number of hydrogen-bond donors (Lipinski definition) is 4. The van der Waals surface area contributed by atoms with Gasteiger partial charge in [-0.25, -0.2) is 15.1 Å². The van der Waals surface area contributed by atoms with E-state index < -0.39 is 29.7 Å². The molecule has 3 saturated carbocycles. The monoisotopic (exact) mass is 640 g/mol. The van der Waals surface area contributed by atoms with Crippen molar-refractivity contribution in [1.29, 1.82) is 0 Å². The lowest BCUT2D eigenvalue weighted by Crippen LogP contribution is -2.65. The summed E-state index contributed by atoms with van der Waals surface area (Å²) in [6.07, 6.45) is 4.15. The van der Waals surface area contributed by atoms with Crippen molar-refractivity contribution < 1.29 is 23.9 Å². The van der Waals surface area contributed by atoms with Crippen molar-refractivity contribution in [3.63, 3.8) is 0 Å². The van der Waals surface area contributed by atoms with Gasteiger partial charge in [-0.1, -0.05) is 71.2 Å². The van der Waals surface area contributed by atoms with E-state index in [-0.39, 0.29) is 54.6 Å². The van der Waals surface area contributed by atoms with Crippen LogP contribution in [0.1, 0.15) is 104 Å². The minimum atomic E-state index is -0.837. The second kappa shape index (κ2) is 14.7. The maximum Gasteiger partial charge on any atom is 0.481 e. The molecule has 13 heteroatoms. The molecule has 1 aliphatic heterocycles. The summed E-state index contributed by atoms with van der Waals surface area (Å²) in [5.41, 5.74) is 9.44. The largest absolute Gasteiger partial charge is 0.481 e. The highest BCUT2D eigenvalue weighted by atomic mass is 16.7. The maximum absolute atomic E-state index is 13.8. The molecule has 2 amide bonds. The lowest BCUT2D eigenvalue weighted by molar-refractivity contribution is -0.525. The van der Waals surface area contributed by atoms with Crippen LogP contribution in [0.4, 0.5) is 0 Å². The highest BCUT2D eigenvalue weighted by Crippen LogP contribution is 2.65. The van der Waals surface area contributed by atoms with E-state index in [1.807, 2.05) is 17.6 Å². The topological polar surface area (TPSA) is 170 Å². The summed E-state index contributed by atoms with van der Waals surface area (Å²) < 4.78 is 13.2. The fourth-order valence-electron chi connectivity index (χ4n) is 7.59. The number of nitrogens with zero attached hydrogens (tertiary/aromatic N) is 2. The molecular weight excluding hydrogens is 587 g/mol. The predicted octanol–water partition coefficient (Wildman–Crippen LogP) is 3.90. The summed E-state index contributed by atoms with van der Waals surface area (Å²) in [5, 5.41) is 15.9. The highest BCUT2D eigenvalue weighted by molar-refractivity contribution is 6.48. The molecule has 254 valence electrons.